The van der Waals surface area contributed by atoms with Crippen molar-refractivity contribution in [2.24, 2.45) is 0 Å². The van der Waals surface area contributed by atoms with Gasteiger partial charge >= 0.3 is 0 Å². The van der Waals surface area contributed by atoms with E-state index in [9.17, 15) is 19.2 Å². The lowest BCUT2D eigenvalue weighted by Gasteiger charge is -2.29. The molecular formula is C19H22IN3O6. The zero-order valence-electron chi connectivity index (χ0n) is 15.7. The van der Waals surface area contributed by atoms with Crippen molar-refractivity contribution in [3.63, 3.8) is 0 Å². The third-order valence-corrected chi connectivity index (χ3v) is 5.12. The number of alkyl halides is 1. The van der Waals surface area contributed by atoms with Crippen LogP contribution in [0.15, 0.2) is 18.2 Å². The van der Waals surface area contributed by atoms with Crippen LogP contribution in [0.2, 0.25) is 0 Å². The van der Waals surface area contributed by atoms with E-state index in [0.29, 0.717) is 43.1 Å². The van der Waals surface area contributed by atoms with Crippen LogP contribution >= 0.6 is 22.6 Å². The summed E-state index contributed by atoms with van der Waals surface area (Å²) >= 11 is 2.21. The van der Waals surface area contributed by atoms with Gasteiger partial charge in [0.15, 0.2) is 0 Å². The smallest absolute Gasteiger partial charge is 0.255 e. The molecule has 1 atom stereocenters. The topological polar surface area (TPSA) is 114 Å². The molecule has 2 aliphatic heterocycles. The number of nitrogens with one attached hydrogen (secondary N) is 2. The summed E-state index contributed by atoms with van der Waals surface area (Å²) < 4.78 is 11.5. The standard InChI is InChI=1S/C19H22IN3O6/c20-6-7-28-8-9-29-11-17(25)21-14-3-1-2-12-13(14)10-23(19(12)27)15-4-5-16(24)22-18(15)26/h1-3,15H,4-11H2,(H,21,25)(H,22,24,26). The summed E-state index contributed by atoms with van der Waals surface area (Å²) in [5.74, 6) is -1.41. The molecule has 4 amide bonds. The molecule has 2 aliphatic rings. The molecule has 1 saturated heterocycles. The van der Waals surface area contributed by atoms with Crippen LogP contribution in [-0.2, 0) is 30.4 Å². The molecule has 10 heteroatoms. The fourth-order valence-electron chi connectivity index (χ4n) is 3.33. The van der Waals surface area contributed by atoms with Gasteiger partial charge in [0.25, 0.3) is 5.91 Å². The van der Waals surface area contributed by atoms with Crippen molar-refractivity contribution in [1.29, 1.82) is 0 Å². The van der Waals surface area contributed by atoms with Gasteiger partial charge in [-0.2, -0.15) is 0 Å². The molecule has 0 radical (unpaired) electrons. The van der Waals surface area contributed by atoms with Crippen LogP contribution in [0.5, 0.6) is 0 Å². The molecule has 1 aromatic carbocycles. The van der Waals surface area contributed by atoms with Crippen LogP contribution in [0.25, 0.3) is 0 Å². The SMILES string of the molecule is O=C1CCC(N2Cc3c(NC(=O)COCCOCCI)cccc3C2=O)C(=O)N1. The molecule has 0 bridgehead atoms. The Morgan fingerprint density at radius 1 is 1.21 bits per heavy atom. The summed E-state index contributed by atoms with van der Waals surface area (Å²) in [6.07, 6.45) is 0.485. The number of ether oxygens (including phenoxy) is 2. The maximum Gasteiger partial charge on any atom is 0.255 e. The first-order chi connectivity index (χ1) is 14.0. The highest BCUT2D eigenvalue weighted by Gasteiger charge is 2.39. The first-order valence-electron chi connectivity index (χ1n) is 9.29. The molecule has 0 saturated carbocycles. The van der Waals surface area contributed by atoms with Gasteiger partial charge in [0.05, 0.1) is 19.8 Å². The summed E-state index contributed by atoms with van der Waals surface area (Å²) in [7, 11) is 0. The Morgan fingerprint density at radius 3 is 2.76 bits per heavy atom. The van der Waals surface area contributed by atoms with Crippen molar-refractivity contribution in [1.82, 2.24) is 10.2 Å². The number of halogens is 1. The van der Waals surface area contributed by atoms with Gasteiger partial charge in [-0.05, 0) is 18.6 Å². The fraction of sp³-hybridized carbons (Fsp3) is 0.474. The summed E-state index contributed by atoms with van der Waals surface area (Å²) in [6.45, 7) is 1.46. The van der Waals surface area contributed by atoms with Gasteiger partial charge in [-0.1, -0.05) is 28.7 Å². The predicted octanol–water partition coefficient (Wildman–Crippen LogP) is 0.854. The van der Waals surface area contributed by atoms with Gasteiger partial charge in [0.1, 0.15) is 12.6 Å². The van der Waals surface area contributed by atoms with E-state index in [2.05, 4.69) is 33.2 Å². The maximum absolute atomic E-state index is 12.8. The summed E-state index contributed by atoms with van der Waals surface area (Å²) in [6, 6.07) is 4.36. The monoisotopic (exact) mass is 515 g/mol. The number of nitrogens with zero attached hydrogens (tertiary/aromatic N) is 1. The van der Waals surface area contributed by atoms with Gasteiger partial charge in [-0.3, -0.25) is 24.5 Å². The fourth-order valence-corrected chi connectivity index (χ4v) is 3.64. The van der Waals surface area contributed by atoms with Gasteiger partial charge in [0.2, 0.25) is 17.7 Å². The molecule has 1 unspecified atom stereocenters. The highest BCUT2D eigenvalue weighted by atomic mass is 127. The summed E-state index contributed by atoms with van der Waals surface area (Å²) in [5, 5.41) is 5.04. The second kappa shape index (κ2) is 10.1. The molecule has 9 nitrogen and oxygen atoms in total. The molecule has 156 valence electrons. The summed E-state index contributed by atoms with van der Waals surface area (Å²) in [5.41, 5.74) is 1.61. The molecule has 29 heavy (non-hydrogen) atoms. The third-order valence-electron chi connectivity index (χ3n) is 4.68. The Bertz CT molecular complexity index is 815. The number of carbonyl (C=O) groups is 4. The van der Waals surface area contributed by atoms with Crippen LogP contribution < -0.4 is 10.6 Å². The second-order valence-electron chi connectivity index (χ2n) is 6.63. The zero-order chi connectivity index (χ0) is 20.8. The molecule has 1 fully saturated rings. The Labute approximate surface area is 181 Å². The minimum atomic E-state index is -0.693. The van der Waals surface area contributed by atoms with Crippen LogP contribution in [0.1, 0.15) is 28.8 Å². The maximum atomic E-state index is 12.8. The van der Waals surface area contributed by atoms with Crippen molar-refractivity contribution < 1.29 is 28.7 Å². The van der Waals surface area contributed by atoms with Crippen LogP contribution in [-0.4, -0.2) is 65.4 Å². The molecule has 0 aliphatic carbocycles. The average molecular weight is 515 g/mol. The Morgan fingerprint density at radius 2 is 2.00 bits per heavy atom. The van der Waals surface area contributed by atoms with E-state index in [1.807, 2.05) is 0 Å². The van der Waals surface area contributed by atoms with E-state index < -0.39 is 11.9 Å². The third kappa shape index (κ3) is 5.31. The molecule has 0 aromatic heterocycles. The highest BCUT2D eigenvalue weighted by Crippen LogP contribution is 2.32. The second-order valence-corrected chi connectivity index (χ2v) is 7.71. The first kappa shape index (κ1) is 21.7. The van der Waals surface area contributed by atoms with E-state index >= 15 is 0 Å². The number of benzene rings is 1. The van der Waals surface area contributed by atoms with Crippen molar-refractivity contribution in [2.45, 2.75) is 25.4 Å². The number of amides is 4. The lowest BCUT2D eigenvalue weighted by atomic mass is 10.0. The molecular weight excluding hydrogens is 493 g/mol. The van der Waals surface area contributed by atoms with Gasteiger partial charge in [0, 0.05) is 34.2 Å². The summed E-state index contributed by atoms with van der Waals surface area (Å²) in [4.78, 5) is 49.9. The first-order valence-corrected chi connectivity index (χ1v) is 10.8. The van der Waals surface area contributed by atoms with Crippen molar-refractivity contribution in [2.75, 3.05) is 36.2 Å². The number of carbonyl (C=O) groups excluding carboxylic acids is 4. The number of piperidine rings is 1. The van der Waals surface area contributed by atoms with Crippen molar-refractivity contribution >= 4 is 51.9 Å². The lowest BCUT2D eigenvalue weighted by Crippen LogP contribution is -2.52. The van der Waals surface area contributed by atoms with E-state index in [-0.39, 0.29) is 37.3 Å². The molecule has 0 spiro atoms. The van der Waals surface area contributed by atoms with Crippen LogP contribution in [0.3, 0.4) is 0 Å². The number of hydrogen-bond donors (Lipinski definition) is 2. The zero-order valence-corrected chi connectivity index (χ0v) is 17.9. The normalized spacial score (nSPS) is 18.6. The lowest BCUT2D eigenvalue weighted by molar-refractivity contribution is -0.137. The van der Waals surface area contributed by atoms with E-state index in [1.54, 1.807) is 18.2 Å². The molecule has 2 N–H and O–H groups in total. The Kier molecular flexibility index (Phi) is 7.56. The van der Waals surface area contributed by atoms with E-state index in [0.717, 1.165) is 4.43 Å². The number of hydrogen-bond acceptors (Lipinski definition) is 6. The molecule has 1 aromatic rings. The molecule has 3 rings (SSSR count). The van der Waals surface area contributed by atoms with Gasteiger partial charge in [-0.25, -0.2) is 0 Å². The quantitative estimate of drug-likeness (QED) is 0.218. The van der Waals surface area contributed by atoms with E-state index in [1.165, 1.54) is 4.90 Å². The predicted molar refractivity (Wildman–Crippen MR) is 112 cm³/mol. The largest absolute Gasteiger partial charge is 0.378 e. The molecule has 2 heterocycles. The minimum absolute atomic E-state index is 0.123. The van der Waals surface area contributed by atoms with Crippen LogP contribution in [0, 0.1) is 0 Å². The average Bonchev–Trinajstić information content (AvgIpc) is 3.02. The van der Waals surface area contributed by atoms with Crippen LogP contribution in [0.4, 0.5) is 5.69 Å². The number of fused-ring (bicyclic) bond motifs is 1. The van der Waals surface area contributed by atoms with Crippen molar-refractivity contribution in [3.05, 3.63) is 29.3 Å². The number of anilines is 1. The number of imide groups is 1. The van der Waals surface area contributed by atoms with Gasteiger partial charge in [-0.15, -0.1) is 0 Å². The minimum Gasteiger partial charge on any atom is -0.378 e. The van der Waals surface area contributed by atoms with Crippen molar-refractivity contribution in [3.8, 4) is 0 Å². The van der Waals surface area contributed by atoms with Gasteiger partial charge < -0.3 is 19.7 Å². The highest BCUT2D eigenvalue weighted by molar-refractivity contribution is 14.1. The Balaban J connectivity index is 1.59. The Hall–Kier alpha value is -2.05. The number of rotatable bonds is 9. The van der Waals surface area contributed by atoms with E-state index in [4.69, 9.17) is 9.47 Å².